The van der Waals surface area contributed by atoms with Gasteiger partial charge >= 0.3 is 0 Å². The fourth-order valence-electron chi connectivity index (χ4n) is 2.31. The van der Waals surface area contributed by atoms with Crippen molar-refractivity contribution in [3.05, 3.63) is 68.8 Å². The van der Waals surface area contributed by atoms with E-state index in [-0.39, 0.29) is 5.91 Å². The van der Waals surface area contributed by atoms with E-state index in [2.05, 4.69) is 31.4 Å². The molecule has 0 saturated heterocycles. The standard InChI is InChI=1S/C17H13BrClN3O/c1-10-13-3-2-4-14(19)16(13)21-15(10)17(23)22-20-9-11-5-7-12(18)8-6-11/h2-9,21H,1H3,(H,22,23)/b20-9+. The summed E-state index contributed by atoms with van der Waals surface area (Å²) in [6.07, 6.45) is 1.59. The second-order valence-electron chi connectivity index (χ2n) is 5.04. The van der Waals surface area contributed by atoms with Crippen molar-refractivity contribution in [2.75, 3.05) is 0 Å². The zero-order valence-corrected chi connectivity index (χ0v) is 14.6. The number of aryl methyl sites for hydroxylation is 1. The summed E-state index contributed by atoms with van der Waals surface area (Å²) < 4.78 is 0.990. The highest BCUT2D eigenvalue weighted by molar-refractivity contribution is 9.10. The van der Waals surface area contributed by atoms with E-state index in [4.69, 9.17) is 11.6 Å². The minimum absolute atomic E-state index is 0.303. The fraction of sp³-hybridized carbons (Fsp3) is 0.0588. The molecule has 0 bridgehead atoms. The molecule has 0 aliphatic rings. The van der Waals surface area contributed by atoms with E-state index in [1.165, 1.54) is 0 Å². The van der Waals surface area contributed by atoms with E-state index in [9.17, 15) is 4.79 Å². The summed E-state index contributed by atoms with van der Waals surface area (Å²) in [7, 11) is 0. The molecule has 0 fully saturated rings. The Labute approximate surface area is 146 Å². The number of carbonyl (C=O) groups excluding carboxylic acids is 1. The SMILES string of the molecule is Cc1c(C(=O)N/N=C/c2ccc(Br)cc2)[nH]c2c(Cl)cccc12. The van der Waals surface area contributed by atoms with Crippen LogP contribution in [0.3, 0.4) is 0 Å². The summed E-state index contributed by atoms with van der Waals surface area (Å²) in [6.45, 7) is 1.88. The first kappa shape index (κ1) is 15.8. The maximum atomic E-state index is 12.3. The quantitative estimate of drug-likeness (QED) is 0.496. The molecular weight excluding hydrogens is 378 g/mol. The fourth-order valence-corrected chi connectivity index (χ4v) is 2.80. The van der Waals surface area contributed by atoms with Gasteiger partial charge in [0.2, 0.25) is 0 Å². The second-order valence-corrected chi connectivity index (χ2v) is 6.36. The number of nitrogens with zero attached hydrogens (tertiary/aromatic N) is 1. The Kier molecular flexibility index (Phi) is 4.50. The topological polar surface area (TPSA) is 57.2 Å². The van der Waals surface area contributed by atoms with Crippen LogP contribution in [0, 0.1) is 6.92 Å². The number of aromatic nitrogens is 1. The summed E-state index contributed by atoms with van der Waals surface area (Å²) in [6, 6.07) is 13.2. The Hall–Kier alpha value is -2.11. The molecule has 0 radical (unpaired) electrons. The van der Waals surface area contributed by atoms with E-state index in [0.717, 1.165) is 26.5 Å². The Morgan fingerprint density at radius 3 is 2.70 bits per heavy atom. The first-order valence-corrected chi connectivity index (χ1v) is 8.09. The normalized spacial score (nSPS) is 11.3. The maximum absolute atomic E-state index is 12.3. The average molecular weight is 391 g/mol. The molecular formula is C17H13BrClN3O. The van der Waals surface area contributed by atoms with Crippen LogP contribution in [0.2, 0.25) is 5.02 Å². The Morgan fingerprint density at radius 2 is 2.00 bits per heavy atom. The number of amides is 1. The molecule has 116 valence electrons. The molecule has 0 spiro atoms. The van der Waals surface area contributed by atoms with Gasteiger partial charge in [-0.05, 0) is 36.2 Å². The minimum Gasteiger partial charge on any atom is -0.349 e. The molecule has 1 amide bonds. The molecule has 1 aromatic heterocycles. The molecule has 1 heterocycles. The van der Waals surface area contributed by atoms with Crippen molar-refractivity contribution in [2.45, 2.75) is 6.92 Å². The summed E-state index contributed by atoms with van der Waals surface area (Å²) in [5.74, 6) is -0.303. The third kappa shape index (κ3) is 3.30. The summed E-state index contributed by atoms with van der Waals surface area (Å²) in [5.41, 5.74) is 5.48. The number of H-pyrrole nitrogens is 1. The number of halogens is 2. The number of hydrogen-bond donors (Lipinski definition) is 2. The van der Waals surface area contributed by atoms with Gasteiger partial charge in [-0.3, -0.25) is 4.79 Å². The van der Waals surface area contributed by atoms with Crippen LogP contribution in [0.25, 0.3) is 10.9 Å². The molecule has 0 unspecified atom stereocenters. The molecule has 0 saturated carbocycles. The summed E-state index contributed by atoms with van der Waals surface area (Å²) in [5, 5.41) is 5.50. The number of aromatic amines is 1. The van der Waals surface area contributed by atoms with Crippen molar-refractivity contribution in [3.8, 4) is 0 Å². The van der Waals surface area contributed by atoms with Gasteiger partial charge in [0, 0.05) is 9.86 Å². The van der Waals surface area contributed by atoms with Crippen LogP contribution in [0.1, 0.15) is 21.6 Å². The number of carbonyl (C=O) groups is 1. The average Bonchev–Trinajstić information content (AvgIpc) is 2.88. The predicted molar refractivity (Wildman–Crippen MR) is 97.2 cm³/mol. The van der Waals surface area contributed by atoms with Crippen LogP contribution in [0.5, 0.6) is 0 Å². The van der Waals surface area contributed by atoms with E-state index in [0.29, 0.717) is 10.7 Å². The van der Waals surface area contributed by atoms with Gasteiger partial charge in [-0.1, -0.05) is 51.8 Å². The lowest BCUT2D eigenvalue weighted by molar-refractivity contribution is 0.0950. The van der Waals surface area contributed by atoms with Gasteiger partial charge in [-0.25, -0.2) is 5.43 Å². The van der Waals surface area contributed by atoms with Crippen molar-refractivity contribution in [1.29, 1.82) is 0 Å². The lowest BCUT2D eigenvalue weighted by Crippen LogP contribution is -2.18. The second kappa shape index (κ2) is 6.56. The monoisotopic (exact) mass is 389 g/mol. The van der Waals surface area contributed by atoms with E-state index in [1.54, 1.807) is 12.3 Å². The van der Waals surface area contributed by atoms with Crippen LogP contribution in [-0.4, -0.2) is 17.1 Å². The minimum atomic E-state index is -0.303. The van der Waals surface area contributed by atoms with Gasteiger partial charge in [-0.15, -0.1) is 0 Å². The molecule has 6 heteroatoms. The van der Waals surface area contributed by atoms with Crippen molar-refractivity contribution >= 4 is 50.6 Å². The highest BCUT2D eigenvalue weighted by atomic mass is 79.9. The van der Waals surface area contributed by atoms with E-state index in [1.807, 2.05) is 43.3 Å². The molecule has 4 nitrogen and oxygen atoms in total. The molecule has 0 aliphatic heterocycles. The van der Waals surface area contributed by atoms with Gasteiger partial charge in [0.05, 0.1) is 16.8 Å². The maximum Gasteiger partial charge on any atom is 0.288 e. The highest BCUT2D eigenvalue weighted by Gasteiger charge is 2.15. The zero-order valence-electron chi connectivity index (χ0n) is 12.2. The number of para-hydroxylation sites is 1. The molecule has 3 aromatic rings. The summed E-state index contributed by atoms with van der Waals surface area (Å²) >= 11 is 9.52. The van der Waals surface area contributed by atoms with Crippen LogP contribution >= 0.6 is 27.5 Å². The van der Waals surface area contributed by atoms with Crippen molar-refractivity contribution < 1.29 is 4.79 Å². The number of fused-ring (bicyclic) bond motifs is 1. The number of rotatable bonds is 3. The van der Waals surface area contributed by atoms with Gasteiger partial charge in [-0.2, -0.15) is 5.10 Å². The van der Waals surface area contributed by atoms with Crippen LogP contribution in [0.15, 0.2) is 52.0 Å². The zero-order chi connectivity index (χ0) is 16.4. The molecule has 23 heavy (non-hydrogen) atoms. The van der Waals surface area contributed by atoms with Crippen LogP contribution in [0.4, 0.5) is 0 Å². The van der Waals surface area contributed by atoms with Gasteiger partial charge in [0.25, 0.3) is 5.91 Å². The Morgan fingerprint density at radius 1 is 1.26 bits per heavy atom. The van der Waals surface area contributed by atoms with E-state index < -0.39 is 0 Å². The third-order valence-corrected chi connectivity index (χ3v) is 4.36. The molecule has 0 atom stereocenters. The van der Waals surface area contributed by atoms with Gasteiger partial charge in [0.15, 0.2) is 0 Å². The lowest BCUT2D eigenvalue weighted by atomic mass is 10.1. The van der Waals surface area contributed by atoms with Gasteiger partial charge in [0.1, 0.15) is 5.69 Å². The van der Waals surface area contributed by atoms with Crippen molar-refractivity contribution in [3.63, 3.8) is 0 Å². The Bertz CT molecular complexity index is 900. The number of hydrogen-bond acceptors (Lipinski definition) is 2. The van der Waals surface area contributed by atoms with Crippen molar-refractivity contribution in [2.24, 2.45) is 5.10 Å². The molecule has 2 aromatic carbocycles. The molecule has 2 N–H and O–H groups in total. The molecule has 3 rings (SSSR count). The predicted octanol–water partition coefficient (Wildman–Crippen LogP) is 4.66. The largest absolute Gasteiger partial charge is 0.349 e. The summed E-state index contributed by atoms with van der Waals surface area (Å²) in [4.78, 5) is 15.3. The lowest BCUT2D eigenvalue weighted by Gasteiger charge is -1.99. The first-order chi connectivity index (χ1) is 11.1. The van der Waals surface area contributed by atoms with E-state index >= 15 is 0 Å². The Balaban J connectivity index is 1.80. The number of benzene rings is 2. The van der Waals surface area contributed by atoms with Gasteiger partial charge < -0.3 is 4.98 Å². The molecule has 0 aliphatic carbocycles. The van der Waals surface area contributed by atoms with Crippen molar-refractivity contribution in [1.82, 2.24) is 10.4 Å². The van der Waals surface area contributed by atoms with Crippen LogP contribution in [-0.2, 0) is 0 Å². The number of nitrogens with one attached hydrogen (secondary N) is 2. The third-order valence-electron chi connectivity index (χ3n) is 3.52. The highest BCUT2D eigenvalue weighted by Crippen LogP contribution is 2.27. The first-order valence-electron chi connectivity index (χ1n) is 6.92. The van der Waals surface area contributed by atoms with Crippen LogP contribution < -0.4 is 5.43 Å². The number of hydrazone groups is 1. The smallest absolute Gasteiger partial charge is 0.288 e.